The normalized spacial score (nSPS) is 10.4. The lowest BCUT2D eigenvalue weighted by Gasteiger charge is -2.06. The van der Waals surface area contributed by atoms with Crippen molar-refractivity contribution in [2.24, 2.45) is 5.73 Å². The molecule has 0 unspecified atom stereocenters. The van der Waals surface area contributed by atoms with Crippen molar-refractivity contribution in [1.82, 2.24) is 14.8 Å². The molecule has 2 rings (SSSR count). The third-order valence-electron chi connectivity index (χ3n) is 2.79. The van der Waals surface area contributed by atoms with Crippen LogP contribution in [0.5, 0.6) is 0 Å². The summed E-state index contributed by atoms with van der Waals surface area (Å²) in [7, 11) is 0. The molecule has 1 aromatic heterocycles. The van der Waals surface area contributed by atoms with Gasteiger partial charge in [0.25, 0.3) is 0 Å². The Labute approximate surface area is 121 Å². The van der Waals surface area contributed by atoms with Crippen molar-refractivity contribution in [3.05, 3.63) is 53.9 Å². The molecular formula is C14H16N4OS. The summed E-state index contributed by atoms with van der Waals surface area (Å²) in [5, 5.41) is 9.05. The summed E-state index contributed by atoms with van der Waals surface area (Å²) in [6.07, 6.45) is 1.81. The van der Waals surface area contributed by atoms with Crippen molar-refractivity contribution < 1.29 is 4.79 Å². The van der Waals surface area contributed by atoms with Gasteiger partial charge in [0.2, 0.25) is 5.91 Å². The van der Waals surface area contributed by atoms with Crippen molar-refractivity contribution >= 4 is 17.7 Å². The second kappa shape index (κ2) is 6.38. The number of aromatic nitrogens is 3. The van der Waals surface area contributed by atoms with E-state index in [0.29, 0.717) is 17.9 Å². The molecule has 0 bridgehead atoms. The average molecular weight is 288 g/mol. The third kappa shape index (κ3) is 3.27. The molecule has 1 heterocycles. The van der Waals surface area contributed by atoms with Gasteiger partial charge < -0.3 is 10.3 Å². The van der Waals surface area contributed by atoms with Crippen LogP contribution >= 0.6 is 11.8 Å². The number of allylic oxidation sites excluding steroid dienone is 1. The predicted molar refractivity (Wildman–Crippen MR) is 79.5 cm³/mol. The molecule has 2 N–H and O–H groups in total. The number of benzene rings is 1. The van der Waals surface area contributed by atoms with Crippen LogP contribution in [0.15, 0.2) is 42.1 Å². The van der Waals surface area contributed by atoms with E-state index in [1.165, 1.54) is 0 Å². The molecule has 0 atom stereocenters. The number of rotatable bonds is 6. The van der Waals surface area contributed by atoms with Crippen molar-refractivity contribution in [1.29, 1.82) is 0 Å². The molecule has 0 saturated heterocycles. The topological polar surface area (TPSA) is 73.8 Å². The summed E-state index contributed by atoms with van der Waals surface area (Å²) in [5.74, 6) is 1.15. The van der Waals surface area contributed by atoms with E-state index in [-0.39, 0.29) is 0 Å². The van der Waals surface area contributed by atoms with E-state index in [2.05, 4.69) is 16.8 Å². The molecule has 0 radical (unpaired) electrons. The Morgan fingerprint density at radius 2 is 2.30 bits per heavy atom. The van der Waals surface area contributed by atoms with E-state index in [1.807, 2.05) is 29.7 Å². The lowest BCUT2D eigenvalue weighted by molar-refractivity contribution is 0.1000. The number of nitrogens with two attached hydrogens (primary N) is 1. The van der Waals surface area contributed by atoms with Gasteiger partial charge >= 0.3 is 0 Å². The zero-order chi connectivity index (χ0) is 14.5. The molecule has 0 saturated carbocycles. The molecule has 0 aliphatic rings. The van der Waals surface area contributed by atoms with Crippen molar-refractivity contribution in [3.63, 3.8) is 0 Å². The minimum Gasteiger partial charge on any atom is -0.366 e. The highest BCUT2D eigenvalue weighted by molar-refractivity contribution is 7.98. The monoisotopic (exact) mass is 288 g/mol. The van der Waals surface area contributed by atoms with Crippen LogP contribution in [0.25, 0.3) is 0 Å². The standard InChI is InChI=1S/C14H16N4OS/c1-3-7-18-10(2)16-17-14(18)20-9-11-5-4-6-12(8-11)13(15)19/h3-6,8H,1,7,9H2,2H3,(H2,15,19). The summed E-state index contributed by atoms with van der Waals surface area (Å²) in [6, 6.07) is 7.30. The van der Waals surface area contributed by atoms with Crippen LogP contribution in [-0.2, 0) is 12.3 Å². The molecule has 5 nitrogen and oxygen atoms in total. The van der Waals surface area contributed by atoms with Gasteiger partial charge in [-0.05, 0) is 24.6 Å². The fraction of sp³-hybridized carbons (Fsp3) is 0.214. The Morgan fingerprint density at radius 1 is 1.50 bits per heavy atom. The second-order valence-corrected chi connectivity index (χ2v) is 5.22. The van der Waals surface area contributed by atoms with Crippen LogP contribution in [0.3, 0.4) is 0 Å². The molecule has 1 amide bonds. The van der Waals surface area contributed by atoms with Gasteiger partial charge in [0.15, 0.2) is 5.16 Å². The maximum absolute atomic E-state index is 11.1. The lowest BCUT2D eigenvalue weighted by Crippen LogP contribution is -2.10. The maximum atomic E-state index is 11.1. The molecule has 20 heavy (non-hydrogen) atoms. The summed E-state index contributed by atoms with van der Waals surface area (Å²) in [5.41, 5.74) is 6.82. The maximum Gasteiger partial charge on any atom is 0.248 e. The van der Waals surface area contributed by atoms with Gasteiger partial charge in [0.1, 0.15) is 5.82 Å². The predicted octanol–water partition coefficient (Wildman–Crippen LogP) is 2.16. The summed E-state index contributed by atoms with van der Waals surface area (Å²) < 4.78 is 2.00. The van der Waals surface area contributed by atoms with E-state index in [0.717, 1.165) is 16.5 Å². The quantitative estimate of drug-likeness (QED) is 0.653. The number of nitrogens with zero attached hydrogens (tertiary/aromatic N) is 3. The van der Waals surface area contributed by atoms with Crippen LogP contribution in [0, 0.1) is 6.92 Å². The van der Waals surface area contributed by atoms with Gasteiger partial charge in [-0.2, -0.15) is 0 Å². The molecular weight excluding hydrogens is 272 g/mol. The van der Waals surface area contributed by atoms with Gasteiger partial charge in [0, 0.05) is 17.9 Å². The summed E-state index contributed by atoms with van der Waals surface area (Å²) >= 11 is 1.57. The van der Waals surface area contributed by atoms with Gasteiger partial charge in [-0.1, -0.05) is 30.0 Å². The van der Waals surface area contributed by atoms with E-state index in [9.17, 15) is 4.79 Å². The Balaban J connectivity index is 2.10. The third-order valence-corrected chi connectivity index (χ3v) is 3.83. The molecule has 1 aromatic carbocycles. The number of carbonyl (C=O) groups excluding carboxylic acids is 1. The number of hydrogen-bond acceptors (Lipinski definition) is 4. The van der Waals surface area contributed by atoms with Crippen LogP contribution in [0.1, 0.15) is 21.7 Å². The first-order valence-electron chi connectivity index (χ1n) is 6.14. The molecule has 2 aromatic rings. The van der Waals surface area contributed by atoms with E-state index in [4.69, 9.17) is 5.73 Å². The zero-order valence-electron chi connectivity index (χ0n) is 11.2. The second-order valence-electron chi connectivity index (χ2n) is 4.28. The largest absolute Gasteiger partial charge is 0.366 e. The highest BCUT2D eigenvalue weighted by Crippen LogP contribution is 2.22. The average Bonchev–Trinajstić information content (AvgIpc) is 2.78. The Morgan fingerprint density at radius 3 is 3.00 bits per heavy atom. The highest BCUT2D eigenvalue weighted by atomic mass is 32.2. The highest BCUT2D eigenvalue weighted by Gasteiger charge is 2.09. The molecule has 0 spiro atoms. The van der Waals surface area contributed by atoms with Crippen LogP contribution in [-0.4, -0.2) is 20.7 Å². The van der Waals surface area contributed by atoms with Crippen molar-refractivity contribution in [2.75, 3.05) is 0 Å². The SMILES string of the molecule is C=CCn1c(C)nnc1SCc1cccc(C(N)=O)c1. The van der Waals surface area contributed by atoms with Crippen molar-refractivity contribution in [3.8, 4) is 0 Å². The molecule has 104 valence electrons. The van der Waals surface area contributed by atoms with E-state index >= 15 is 0 Å². The molecule has 0 fully saturated rings. The number of aryl methyl sites for hydroxylation is 1. The summed E-state index contributed by atoms with van der Waals surface area (Å²) in [6.45, 7) is 6.32. The van der Waals surface area contributed by atoms with Gasteiger partial charge in [-0.15, -0.1) is 16.8 Å². The first-order chi connectivity index (χ1) is 9.61. The number of amides is 1. The fourth-order valence-electron chi connectivity index (χ4n) is 1.77. The van der Waals surface area contributed by atoms with Crippen LogP contribution in [0.4, 0.5) is 0 Å². The number of primary amides is 1. The first kappa shape index (κ1) is 14.3. The number of carbonyl (C=O) groups is 1. The van der Waals surface area contributed by atoms with Crippen molar-refractivity contribution in [2.45, 2.75) is 24.4 Å². The van der Waals surface area contributed by atoms with Gasteiger partial charge in [0.05, 0.1) is 0 Å². The minimum absolute atomic E-state index is 0.414. The van der Waals surface area contributed by atoms with Crippen LogP contribution < -0.4 is 5.73 Å². The Kier molecular flexibility index (Phi) is 4.57. The first-order valence-corrected chi connectivity index (χ1v) is 7.12. The molecule has 6 heteroatoms. The fourth-order valence-corrected chi connectivity index (χ4v) is 2.71. The Hall–Kier alpha value is -2.08. The lowest BCUT2D eigenvalue weighted by atomic mass is 10.1. The smallest absolute Gasteiger partial charge is 0.248 e. The van der Waals surface area contributed by atoms with Crippen LogP contribution in [0.2, 0.25) is 0 Å². The summed E-state index contributed by atoms with van der Waals surface area (Å²) in [4.78, 5) is 11.1. The molecule has 0 aliphatic heterocycles. The van der Waals surface area contributed by atoms with Gasteiger partial charge in [-0.25, -0.2) is 0 Å². The van der Waals surface area contributed by atoms with Gasteiger partial charge in [-0.3, -0.25) is 4.79 Å². The van der Waals surface area contributed by atoms with E-state index < -0.39 is 5.91 Å². The zero-order valence-corrected chi connectivity index (χ0v) is 12.1. The number of hydrogen-bond donors (Lipinski definition) is 1. The number of thioether (sulfide) groups is 1. The Bertz CT molecular complexity index is 636. The minimum atomic E-state index is -0.414. The van der Waals surface area contributed by atoms with E-state index in [1.54, 1.807) is 23.9 Å². The molecule has 0 aliphatic carbocycles.